The molecule has 2 aliphatic rings. The molecule has 23 heavy (non-hydrogen) atoms. The van der Waals surface area contributed by atoms with Crippen LogP contribution in [-0.4, -0.2) is 36.3 Å². The minimum atomic E-state index is -0.571. The van der Waals surface area contributed by atoms with Gasteiger partial charge in [-0.2, -0.15) is 0 Å². The molecule has 0 saturated carbocycles. The van der Waals surface area contributed by atoms with Gasteiger partial charge in [-0.15, -0.1) is 0 Å². The fraction of sp³-hybridized carbons (Fsp3) is 0.333. The van der Waals surface area contributed by atoms with Gasteiger partial charge in [-0.1, -0.05) is 30.4 Å². The van der Waals surface area contributed by atoms with E-state index in [0.717, 1.165) is 11.3 Å². The predicted molar refractivity (Wildman–Crippen MR) is 86.6 cm³/mol. The average Bonchev–Trinajstić information content (AvgIpc) is 2.55. The number of para-hydroxylation sites is 1. The van der Waals surface area contributed by atoms with Crippen molar-refractivity contribution < 1.29 is 14.0 Å². The number of halogens is 1. The smallest absolute Gasteiger partial charge is 0.316 e. The molecule has 0 aromatic heterocycles. The van der Waals surface area contributed by atoms with E-state index < -0.39 is 11.8 Å². The number of hydrogen-bond acceptors (Lipinski definition) is 2. The number of amides is 2. The number of rotatable bonds is 3. The lowest BCUT2D eigenvalue weighted by Gasteiger charge is -2.34. The predicted octanol–water partition coefficient (Wildman–Crippen LogP) is 2.74. The minimum Gasteiger partial charge on any atom is -0.328 e. The SMILES string of the molecule is Cc1ccccc1N1CCN(CC2=C(F)CCC=C2)C(=O)C1=O. The van der Waals surface area contributed by atoms with Crippen molar-refractivity contribution in [2.75, 3.05) is 24.5 Å². The van der Waals surface area contributed by atoms with Crippen LogP contribution in [0.2, 0.25) is 0 Å². The molecular formula is C18H19FN2O2. The molecule has 3 rings (SSSR count). The Morgan fingerprint density at radius 2 is 1.91 bits per heavy atom. The summed E-state index contributed by atoms with van der Waals surface area (Å²) in [6, 6.07) is 7.49. The molecule has 0 unspecified atom stereocenters. The summed E-state index contributed by atoms with van der Waals surface area (Å²) in [4.78, 5) is 27.7. The highest BCUT2D eigenvalue weighted by molar-refractivity contribution is 6.41. The maximum atomic E-state index is 13.8. The number of anilines is 1. The molecular weight excluding hydrogens is 295 g/mol. The number of carbonyl (C=O) groups is 2. The molecule has 0 spiro atoms. The van der Waals surface area contributed by atoms with Crippen LogP contribution in [0.15, 0.2) is 47.8 Å². The van der Waals surface area contributed by atoms with Crippen LogP contribution in [0.3, 0.4) is 0 Å². The number of hydrogen-bond donors (Lipinski definition) is 0. The maximum Gasteiger partial charge on any atom is 0.316 e. The van der Waals surface area contributed by atoms with Crippen molar-refractivity contribution in [3.05, 3.63) is 53.4 Å². The van der Waals surface area contributed by atoms with E-state index in [9.17, 15) is 14.0 Å². The zero-order valence-corrected chi connectivity index (χ0v) is 13.1. The molecule has 1 aromatic rings. The Bertz CT molecular complexity index is 709. The molecule has 1 fully saturated rings. The van der Waals surface area contributed by atoms with E-state index in [2.05, 4.69) is 0 Å². The molecule has 0 atom stereocenters. The second kappa shape index (κ2) is 6.36. The molecule has 1 aromatic carbocycles. The van der Waals surface area contributed by atoms with E-state index >= 15 is 0 Å². The fourth-order valence-corrected chi connectivity index (χ4v) is 2.95. The van der Waals surface area contributed by atoms with Gasteiger partial charge in [0.05, 0.1) is 0 Å². The Morgan fingerprint density at radius 3 is 2.65 bits per heavy atom. The normalized spacial score (nSPS) is 18.9. The lowest BCUT2D eigenvalue weighted by Crippen LogP contribution is -2.55. The molecule has 120 valence electrons. The third kappa shape index (κ3) is 3.04. The molecule has 1 aliphatic heterocycles. The van der Waals surface area contributed by atoms with Crippen molar-refractivity contribution in [1.29, 1.82) is 0 Å². The second-order valence-corrected chi connectivity index (χ2v) is 5.84. The molecule has 4 nitrogen and oxygen atoms in total. The first-order valence-corrected chi connectivity index (χ1v) is 7.78. The first kappa shape index (κ1) is 15.5. The van der Waals surface area contributed by atoms with Crippen LogP contribution in [0, 0.1) is 6.92 Å². The Hall–Kier alpha value is -2.43. The van der Waals surface area contributed by atoms with Gasteiger partial charge in [0.2, 0.25) is 0 Å². The van der Waals surface area contributed by atoms with Crippen LogP contribution in [-0.2, 0) is 9.59 Å². The number of piperazine rings is 1. The summed E-state index contributed by atoms with van der Waals surface area (Å²) in [5, 5.41) is 0. The van der Waals surface area contributed by atoms with E-state index in [4.69, 9.17) is 0 Å². The van der Waals surface area contributed by atoms with Crippen molar-refractivity contribution >= 4 is 17.5 Å². The van der Waals surface area contributed by atoms with E-state index in [-0.39, 0.29) is 12.4 Å². The molecule has 2 amide bonds. The van der Waals surface area contributed by atoms with Gasteiger partial charge in [0.1, 0.15) is 5.83 Å². The Kier molecular flexibility index (Phi) is 4.28. The van der Waals surface area contributed by atoms with Crippen molar-refractivity contribution in [1.82, 2.24) is 4.90 Å². The Morgan fingerprint density at radius 1 is 1.13 bits per heavy atom. The van der Waals surface area contributed by atoms with Gasteiger partial charge in [0.25, 0.3) is 0 Å². The molecule has 5 heteroatoms. The van der Waals surface area contributed by atoms with Crippen molar-refractivity contribution in [2.45, 2.75) is 19.8 Å². The largest absolute Gasteiger partial charge is 0.328 e. The Labute approximate surface area is 134 Å². The second-order valence-electron chi connectivity index (χ2n) is 5.84. The van der Waals surface area contributed by atoms with E-state index in [0.29, 0.717) is 31.5 Å². The summed E-state index contributed by atoms with van der Waals surface area (Å²) in [6.45, 7) is 2.90. The molecule has 1 heterocycles. The highest BCUT2D eigenvalue weighted by Crippen LogP contribution is 2.24. The topological polar surface area (TPSA) is 40.6 Å². The number of benzene rings is 1. The lowest BCUT2D eigenvalue weighted by atomic mass is 10.0. The summed E-state index contributed by atoms with van der Waals surface area (Å²) in [5.41, 5.74) is 2.21. The molecule has 0 radical (unpaired) electrons. The molecule has 0 N–H and O–H groups in total. The van der Waals surface area contributed by atoms with Gasteiger partial charge in [0, 0.05) is 37.3 Å². The van der Waals surface area contributed by atoms with Crippen LogP contribution in [0.25, 0.3) is 0 Å². The quantitative estimate of drug-likeness (QED) is 0.805. The summed E-state index contributed by atoms with van der Waals surface area (Å²) in [6.07, 6.45) is 4.67. The summed E-state index contributed by atoms with van der Waals surface area (Å²) in [7, 11) is 0. The fourth-order valence-electron chi connectivity index (χ4n) is 2.95. The lowest BCUT2D eigenvalue weighted by molar-refractivity contribution is -0.145. The van der Waals surface area contributed by atoms with Crippen molar-refractivity contribution in [3.8, 4) is 0 Å². The summed E-state index contributed by atoms with van der Waals surface area (Å²) >= 11 is 0. The number of aryl methyl sites for hydroxylation is 1. The zero-order valence-electron chi connectivity index (χ0n) is 13.1. The standard InChI is InChI=1S/C18H19FN2O2/c1-13-6-2-5-9-16(13)21-11-10-20(17(22)18(21)23)12-14-7-3-4-8-15(14)19/h2-3,5-7,9H,4,8,10-12H2,1H3. The van der Waals surface area contributed by atoms with Crippen molar-refractivity contribution in [2.24, 2.45) is 0 Å². The van der Waals surface area contributed by atoms with E-state index in [1.54, 1.807) is 6.08 Å². The first-order valence-electron chi connectivity index (χ1n) is 7.78. The minimum absolute atomic E-state index is 0.161. The van der Waals surface area contributed by atoms with Crippen LogP contribution in [0.1, 0.15) is 18.4 Å². The third-order valence-corrected chi connectivity index (χ3v) is 4.27. The monoisotopic (exact) mass is 314 g/mol. The maximum absolute atomic E-state index is 13.8. The van der Waals surface area contributed by atoms with Crippen LogP contribution < -0.4 is 4.90 Å². The van der Waals surface area contributed by atoms with E-state index in [1.807, 2.05) is 37.3 Å². The van der Waals surface area contributed by atoms with Gasteiger partial charge in [0.15, 0.2) is 0 Å². The first-order chi connectivity index (χ1) is 11.1. The van der Waals surface area contributed by atoms with Crippen LogP contribution >= 0.6 is 0 Å². The van der Waals surface area contributed by atoms with E-state index in [1.165, 1.54) is 9.80 Å². The van der Waals surface area contributed by atoms with Gasteiger partial charge in [-0.05, 0) is 25.0 Å². The van der Waals surface area contributed by atoms with Crippen LogP contribution in [0.5, 0.6) is 0 Å². The number of nitrogens with zero attached hydrogens (tertiary/aromatic N) is 2. The van der Waals surface area contributed by atoms with Gasteiger partial charge < -0.3 is 9.80 Å². The van der Waals surface area contributed by atoms with Crippen LogP contribution in [0.4, 0.5) is 10.1 Å². The highest BCUT2D eigenvalue weighted by Gasteiger charge is 2.34. The third-order valence-electron chi connectivity index (χ3n) is 4.27. The summed E-state index contributed by atoms with van der Waals surface area (Å²) in [5.74, 6) is -1.31. The van der Waals surface area contributed by atoms with Crippen molar-refractivity contribution in [3.63, 3.8) is 0 Å². The Balaban J connectivity index is 1.76. The molecule has 0 bridgehead atoms. The molecule has 1 saturated heterocycles. The number of carbonyl (C=O) groups excluding carboxylic acids is 2. The highest BCUT2D eigenvalue weighted by atomic mass is 19.1. The zero-order chi connectivity index (χ0) is 16.4. The summed E-state index contributed by atoms with van der Waals surface area (Å²) < 4.78 is 13.8. The van der Waals surface area contributed by atoms with Gasteiger partial charge in [-0.25, -0.2) is 4.39 Å². The molecule has 1 aliphatic carbocycles. The van der Waals surface area contributed by atoms with Gasteiger partial charge in [-0.3, -0.25) is 9.59 Å². The average molecular weight is 314 g/mol. The number of allylic oxidation sites excluding steroid dienone is 2. The van der Waals surface area contributed by atoms with Gasteiger partial charge >= 0.3 is 11.8 Å².